The minimum Gasteiger partial charge on any atom is -0.382 e. The molecule has 0 amide bonds. The van der Waals surface area contributed by atoms with Crippen molar-refractivity contribution in [2.75, 3.05) is 41.7 Å². The number of anilines is 4. The first-order valence-corrected chi connectivity index (χ1v) is 6.66. The Morgan fingerprint density at radius 2 is 1.95 bits per heavy atom. The van der Waals surface area contributed by atoms with Crippen LogP contribution in [0.25, 0.3) is 11.2 Å². The molecule has 10 nitrogen and oxygen atoms in total. The average Bonchev–Trinajstić information content (AvgIpc) is 3.09. The third-order valence-electron chi connectivity index (χ3n) is 3.62. The van der Waals surface area contributed by atoms with Gasteiger partial charge < -0.3 is 16.0 Å². The highest BCUT2D eigenvalue weighted by Gasteiger charge is 2.30. The van der Waals surface area contributed by atoms with Gasteiger partial charge in [-0.05, 0) is 0 Å². The first-order valence-electron chi connectivity index (χ1n) is 6.66. The molecule has 10 heteroatoms. The highest BCUT2D eigenvalue weighted by atomic mass is 15.6. The molecule has 3 aromatic rings. The first-order chi connectivity index (χ1) is 10.7. The summed E-state index contributed by atoms with van der Waals surface area (Å²) in [6.45, 7) is 0.572. The van der Waals surface area contributed by atoms with Crippen molar-refractivity contribution in [1.82, 2.24) is 29.6 Å². The molecule has 0 atom stereocenters. The van der Waals surface area contributed by atoms with E-state index in [1.165, 1.54) is 12.7 Å². The Balaban J connectivity index is 1.90. The van der Waals surface area contributed by atoms with E-state index in [2.05, 4.69) is 30.2 Å². The molecule has 0 aliphatic carbocycles. The number of nitrogens with zero attached hydrogens (tertiary/aromatic N) is 8. The van der Waals surface area contributed by atoms with E-state index >= 15 is 0 Å². The van der Waals surface area contributed by atoms with E-state index in [4.69, 9.17) is 5.73 Å². The van der Waals surface area contributed by atoms with Gasteiger partial charge in [0.05, 0.1) is 0 Å². The second-order valence-corrected chi connectivity index (χ2v) is 4.90. The monoisotopic (exact) mass is 298 g/mol. The van der Waals surface area contributed by atoms with Crippen molar-refractivity contribution in [3.05, 3.63) is 19.0 Å². The van der Waals surface area contributed by atoms with Gasteiger partial charge in [-0.3, -0.25) is 0 Å². The maximum atomic E-state index is 5.96. The quantitative estimate of drug-likeness (QED) is 0.670. The van der Waals surface area contributed by atoms with Crippen molar-refractivity contribution in [2.24, 2.45) is 0 Å². The van der Waals surface area contributed by atoms with Crippen LogP contribution in [-0.4, -0.2) is 50.4 Å². The van der Waals surface area contributed by atoms with Gasteiger partial charge >= 0.3 is 0 Å². The topological polar surface area (TPSA) is 114 Å². The molecule has 0 unspecified atom stereocenters. The highest BCUT2D eigenvalue weighted by Crippen LogP contribution is 2.37. The van der Waals surface area contributed by atoms with E-state index in [1.807, 2.05) is 21.6 Å². The number of rotatable bonds is 2. The van der Waals surface area contributed by atoms with E-state index in [0.29, 0.717) is 29.5 Å². The summed E-state index contributed by atoms with van der Waals surface area (Å²) in [6, 6.07) is 0. The van der Waals surface area contributed by atoms with E-state index in [1.54, 1.807) is 13.4 Å². The summed E-state index contributed by atoms with van der Waals surface area (Å²) in [5.74, 6) is 1.85. The van der Waals surface area contributed by atoms with Crippen LogP contribution in [0.15, 0.2) is 19.0 Å². The van der Waals surface area contributed by atoms with Gasteiger partial charge in [-0.15, -0.1) is 0 Å². The normalized spacial score (nSPS) is 13.7. The molecule has 3 aromatic heterocycles. The predicted molar refractivity (Wildman–Crippen MR) is 82.5 cm³/mol. The molecule has 0 saturated heterocycles. The third-order valence-corrected chi connectivity index (χ3v) is 3.62. The molecule has 1 aliphatic rings. The predicted octanol–water partition coefficient (Wildman–Crippen LogP) is -0.0828. The summed E-state index contributed by atoms with van der Waals surface area (Å²) in [5.41, 5.74) is 8.14. The van der Waals surface area contributed by atoms with Gasteiger partial charge in [-0.25, -0.2) is 34.6 Å². The fourth-order valence-corrected chi connectivity index (χ4v) is 2.63. The maximum absolute atomic E-state index is 5.96. The Kier molecular flexibility index (Phi) is 2.52. The molecule has 112 valence electrons. The third kappa shape index (κ3) is 1.57. The summed E-state index contributed by atoms with van der Waals surface area (Å²) >= 11 is 0. The average molecular weight is 298 g/mol. The van der Waals surface area contributed by atoms with E-state index < -0.39 is 0 Å². The molecule has 3 N–H and O–H groups in total. The van der Waals surface area contributed by atoms with Gasteiger partial charge in [0.1, 0.15) is 31.3 Å². The van der Waals surface area contributed by atoms with Crippen molar-refractivity contribution in [2.45, 2.75) is 0 Å². The lowest BCUT2D eigenvalue weighted by atomic mass is 10.4. The van der Waals surface area contributed by atoms with Gasteiger partial charge in [-0.1, -0.05) is 0 Å². The number of hydrogen-bond acceptors (Lipinski definition) is 9. The Morgan fingerprint density at radius 3 is 2.77 bits per heavy atom. The zero-order valence-corrected chi connectivity index (χ0v) is 12.1. The van der Waals surface area contributed by atoms with Crippen molar-refractivity contribution >= 4 is 34.3 Å². The van der Waals surface area contributed by atoms with E-state index in [9.17, 15) is 0 Å². The van der Waals surface area contributed by atoms with Crippen LogP contribution in [0.2, 0.25) is 0 Å². The summed E-state index contributed by atoms with van der Waals surface area (Å²) < 4.78 is 1.84. The van der Waals surface area contributed by atoms with Crippen LogP contribution in [0, 0.1) is 0 Å². The van der Waals surface area contributed by atoms with Gasteiger partial charge in [0.2, 0.25) is 0 Å². The van der Waals surface area contributed by atoms with E-state index in [0.717, 1.165) is 11.5 Å². The number of imidazole rings is 1. The molecule has 1 aliphatic heterocycles. The fourth-order valence-electron chi connectivity index (χ4n) is 2.63. The van der Waals surface area contributed by atoms with Crippen LogP contribution in [0.5, 0.6) is 0 Å². The minimum atomic E-state index is 0.449. The molecular formula is C12H14N10. The number of nitrogens with one attached hydrogen (secondary N) is 1. The smallest absolute Gasteiger partial charge is 0.184 e. The SMILES string of the molecule is CNc1ncnc2c1ncn2N1CN(C)c2c(N)ncnc21. The molecule has 4 heterocycles. The summed E-state index contributed by atoms with van der Waals surface area (Å²) in [7, 11) is 3.74. The van der Waals surface area contributed by atoms with Gasteiger partial charge in [0.25, 0.3) is 0 Å². The summed E-state index contributed by atoms with van der Waals surface area (Å²) in [5, 5.41) is 4.95. The van der Waals surface area contributed by atoms with Crippen LogP contribution in [0.1, 0.15) is 0 Å². The Morgan fingerprint density at radius 1 is 1.14 bits per heavy atom. The Labute approximate surface area is 125 Å². The molecule has 0 spiro atoms. The molecule has 22 heavy (non-hydrogen) atoms. The number of nitrogen functional groups attached to an aromatic ring is 1. The lowest BCUT2D eigenvalue weighted by Gasteiger charge is -2.19. The largest absolute Gasteiger partial charge is 0.382 e. The Hall–Kier alpha value is -3.17. The van der Waals surface area contributed by atoms with E-state index in [-0.39, 0.29) is 0 Å². The number of hydrogen-bond donors (Lipinski definition) is 2. The van der Waals surface area contributed by atoms with Crippen LogP contribution in [0.3, 0.4) is 0 Å². The number of aromatic nitrogens is 6. The fraction of sp³-hybridized carbons (Fsp3) is 0.250. The van der Waals surface area contributed by atoms with Crippen LogP contribution in [-0.2, 0) is 0 Å². The molecule has 0 radical (unpaired) electrons. The second kappa shape index (κ2) is 4.41. The molecule has 0 saturated carbocycles. The van der Waals surface area contributed by atoms with Gasteiger partial charge in [-0.2, -0.15) is 0 Å². The Bertz CT molecular complexity index is 856. The summed E-state index contributed by atoms with van der Waals surface area (Å²) in [4.78, 5) is 23.3. The zero-order valence-electron chi connectivity index (χ0n) is 12.1. The molecule has 4 rings (SSSR count). The summed E-state index contributed by atoms with van der Waals surface area (Å²) in [6.07, 6.45) is 4.65. The second-order valence-electron chi connectivity index (χ2n) is 4.90. The lowest BCUT2D eigenvalue weighted by molar-refractivity contribution is 0.714. The molecular weight excluding hydrogens is 284 g/mol. The van der Waals surface area contributed by atoms with Crippen molar-refractivity contribution in [3.8, 4) is 0 Å². The van der Waals surface area contributed by atoms with Crippen molar-refractivity contribution in [1.29, 1.82) is 0 Å². The van der Waals surface area contributed by atoms with Crippen molar-refractivity contribution < 1.29 is 0 Å². The molecule has 0 aromatic carbocycles. The van der Waals surface area contributed by atoms with Crippen LogP contribution < -0.4 is 21.0 Å². The number of fused-ring (bicyclic) bond motifs is 2. The van der Waals surface area contributed by atoms with Gasteiger partial charge in [0, 0.05) is 14.1 Å². The van der Waals surface area contributed by atoms with Crippen LogP contribution >= 0.6 is 0 Å². The lowest BCUT2D eigenvalue weighted by Crippen LogP contribution is -2.32. The standard InChI is InChI=1S/C12H14N10/c1-14-10-7-11(17-4-16-10)21(5-19-7)22-6-20(2)8-9(13)15-3-18-12(8)22/h3-5H,6H2,1-2H3,(H2,13,15,18)(H,14,16,17). The highest BCUT2D eigenvalue weighted by molar-refractivity contribution is 5.85. The zero-order chi connectivity index (χ0) is 15.3. The molecule has 0 bridgehead atoms. The van der Waals surface area contributed by atoms with Gasteiger partial charge in [0.15, 0.2) is 28.6 Å². The minimum absolute atomic E-state index is 0.449. The van der Waals surface area contributed by atoms with Crippen LogP contribution in [0.4, 0.5) is 23.1 Å². The number of nitrogens with two attached hydrogens (primary N) is 1. The van der Waals surface area contributed by atoms with Crippen molar-refractivity contribution in [3.63, 3.8) is 0 Å². The first kappa shape index (κ1) is 12.6. The molecule has 0 fully saturated rings. The maximum Gasteiger partial charge on any atom is 0.184 e.